The number of carbonyl (C=O) groups excluding carboxylic acids is 1. The number of nitrogens with zero attached hydrogens (tertiary/aromatic N) is 3. The quantitative estimate of drug-likeness (QED) is 0.666. The molecule has 0 atom stereocenters. The first-order valence-corrected chi connectivity index (χ1v) is 9.58. The van der Waals surface area contributed by atoms with Crippen LogP contribution in [0.2, 0.25) is 0 Å². The second-order valence-electron chi connectivity index (χ2n) is 7.62. The van der Waals surface area contributed by atoms with Gasteiger partial charge in [-0.3, -0.25) is 9.59 Å². The molecule has 0 aliphatic carbocycles. The van der Waals surface area contributed by atoms with Crippen molar-refractivity contribution in [2.75, 3.05) is 13.8 Å². The minimum Gasteiger partial charge on any atom is -0.454 e. The molecule has 1 aliphatic heterocycles. The Morgan fingerprint density at radius 1 is 1.14 bits per heavy atom. The van der Waals surface area contributed by atoms with E-state index in [1.54, 1.807) is 30.1 Å². The van der Waals surface area contributed by atoms with Crippen molar-refractivity contribution < 1.29 is 14.3 Å². The summed E-state index contributed by atoms with van der Waals surface area (Å²) < 4.78 is 12.1. The lowest BCUT2D eigenvalue weighted by molar-refractivity contribution is 0.0778. The lowest BCUT2D eigenvalue weighted by atomic mass is 10.1. The molecule has 0 fully saturated rings. The summed E-state index contributed by atoms with van der Waals surface area (Å²) in [5.74, 6) is 1.38. The third-order valence-electron chi connectivity index (χ3n) is 4.81. The molecule has 0 unspecified atom stereocenters. The monoisotopic (exact) mass is 393 g/mol. The van der Waals surface area contributed by atoms with Gasteiger partial charge in [0.15, 0.2) is 17.2 Å². The Morgan fingerprint density at radius 2 is 1.86 bits per heavy atom. The van der Waals surface area contributed by atoms with Crippen LogP contribution in [0.25, 0.3) is 10.8 Å². The molecule has 1 aromatic heterocycles. The number of aromatic nitrogens is 2. The van der Waals surface area contributed by atoms with E-state index in [1.165, 1.54) is 4.68 Å². The van der Waals surface area contributed by atoms with Gasteiger partial charge in [-0.15, -0.1) is 0 Å². The summed E-state index contributed by atoms with van der Waals surface area (Å²) in [5, 5.41) is 5.50. The highest BCUT2D eigenvalue weighted by Crippen LogP contribution is 2.32. The van der Waals surface area contributed by atoms with Crippen molar-refractivity contribution in [2.24, 2.45) is 5.92 Å². The molecular weight excluding hydrogens is 370 g/mol. The molecule has 0 N–H and O–H groups in total. The minimum absolute atomic E-state index is 0.177. The van der Waals surface area contributed by atoms with E-state index < -0.39 is 0 Å². The fourth-order valence-corrected chi connectivity index (χ4v) is 3.43. The van der Waals surface area contributed by atoms with E-state index in [4.69, 9.17) is 9.47 Å². The van der Waals surface area contributed by atoms with Gasteiger partial charge in [-0.1, -0.05) is 38.1 Å². The first-order chi connectivity index (χ1) is 13.9. The SMILES string of the molecule is CC(C)Cn1nc(C(=O)N(C)Cc2ccc3c(c2)OCO3)c2ccccc2c1=O. The summed E-state index contributed by atoms with van der Waals surface area (Å²) in [5.41, 5.74) is 1.03. The Hall–Kier alpha value is -3.35. The highest BCUT2D eigenvalue weighted by Gasteiger charge is 2.21. The zero-order valence-electron chi connectivity index (χ0n) is 16.7. The van der Waals surface area contributed by atoms with Gasteiger partial charge in [0.1, 0.15) is 0 Å². The van der Waals surface area contributed by atoms with Crippen LogP contribution in [0.5, 0.6) is 11.5 Å². The predicted molar refractivity (Wildman–Crippen MR) is 109 cm³/mol. The van der Waals surface area contributed by atoms with Crippen LogP contribution in [0.15, 0.2) is 47.3 Å². The molecule has 7 nitrogen and oxygen atoms in total. The Bertz CT molecular complexity index is 1140. The number of carbonyl (C=O) groups is 1. The van der Waals surface area contributed by atoms with Crippen molar-refractivity contribution >= 4 is 16.7 Å². The van der Waals surface area contributed by atoms with E-state index >= 15 is 0 Å². The summed E-state index contributed by atoms with van der Waals surface area (Å²) in [6.07, 6.45) is 0. The Balaban J connectivity index is 1.68. The highest BCUT2D eigenvalue weighted by molar-refractivity contribution is 6.04. The Kier molecular flexibility index (Phi) is 4.96. The molecule has 1 aliphatic rings. The minimum atomic E-state index is -0.239. The Labute approximate surface area is 168 Å². The van der Waals surface area contributed by atoms with E-state index in [1.807, 2.05) is 38.1 Å². The molecule has 2 heterocycles. The standard InChI is InChI=1S/C22H23N3O4/c1-14(2)11-25-21(26)17-7-5-4-6-16(17)20(23-25)22(27)24(3)12-15-8-9-18-19(10-15)29-13-28-18/h4-10,14H,11-13H2,1-3H3. The fourth-order valence-electron chi connectivity index (χ4n) is 3.43. The van der Waals surface area contributed by atoms with Gasteiger partial charge in [-0.05, 0) is 29.7 Å². The van der Waals surface area contributed by atoms with Crippen LogP contribution < -0.4 is 15.0 Å². The van der Waals surface area contributed by atoms with Crippen LogP contribution in [0.3, 0.4) is 0 Å². The van der Waals surface area contributed by atoms with Gasteiger partial charge in [-0.25, -0.2) is 4.68 Å². The molecule has 1 amide bonds. The molecule has 0 saturated carbocycles. The average molecular weight is 393 g/mol. The number of hydrogen-bond acceptors (Lipinski definition) is 5. The molecule has 7 heteroatoms. The highest BCUT2D eigenvalue weighted by atomic mass is 16.7. The van der Waals surface area contributed by atoms with Crippen LogP contribution in [0, 0.1) is 5.92 Å². The third kappa shape index (κ3) is 3.68. The lowest BCUT2D eigenvalue weighted by Gasteiger charge is -2.19. The number of ether oxygens (including phenoxy) is 2. The maximum absolute atomic E-state index is 13.2. The normalized spacial score (nSPS) is 12.6. The number of amides is 1. The molecule has 4 rings (SSSR count). The molecule has 0 spiro atoms. The summed E-state index contributed by atoms with van der Waals surface area (Å²) in [4.78, 5) is 27.6. The van der Waals surface area contributed by atoms with E-state index in [9.17, 15) is 9.59 Å². The second-order valence-corrected chi connectivity index (χ2v) is 7.62. The molecule has 29 heavy (non-hydrogen) atoms. The molecule has 0 saturated heterocycles. The topological polar surface area (TPSA) is 73.7 Å². The van der Waals surface area contributed by atoms with Crippen molar-refractivity contribution in [3.8, 4) is 11.5 Å². The van der Waals surface area contributed by atoms with Crippen molar-refractivity contribution in [2.45, 2.75) is 26.9 Å². The van der Waals surface area contributed by atoms with Gasteiger partial charge in [0.25, 0.3) is 11.5 Å². The molecule has 0 radical (unpaired) electrons. The van der Waals surface area contributed by atoms with Gasteiger partial charge >= 0.3 is 0 Å². The van der Waals surface area contributed by atoms with E-state index in [-0.39, 0.29) is 29.9 Å². The van der Waals surface area contributed by atoms with Crippen molar-refractivity contribution in [3.05, 3.63) is 64.1 Å². The fraction of sp³-hybridized carbons (Fsp3) is 0.318. The second kappa shape index (κ2) is 7.58. The van der Waals surface area contributed by atoms with Crippen LogP contribution in [0.1, 0.15) is 29.9 Å². The van der Waals surface area contributed by atoms with E-state index in [0.29, 0.717) is 35.4 Å². The van der Waals surface area contributed by atoms with Gasteiger partial charge in [0.05, 0.1) is 5.39 Å². The summed E-state index contributed by atoms with van der Waals surface area (Å²) in [6.45, 7) is 5.07. The smallest absolute Gasteiger partial charge is 0.274 e. The van der Waals surface area contributed by atoms with Gasteiger partial charge in [0, 0.05) is 25.5 Å². The van der Waals surface area contributed by atoms with Crippen molar-refractivity contribution in [1.82, 2.24) is 14.7 Å². The molecule has 2 aromatic carbocycles. The summed E-state index contributed by atoms with van der Waals surface area (Å²) >= 11 is 0. The molecule has 0 bridgehead atoms. The van der Waals surface area contributed by atoms with E-state index in [2.05, 4.69) is 5.10 Å². The van der Waals surface area contributed by atoms with Crippen molar-refractivity contribution in [1.29, 1.82) is 0 Å². The average Bonchev–Trinajstić information content (AvgIpc) is 3.17. The van der Waals surface area contributed by atoms with Crippen LogP contribution >= 0.6 is 0 Å². The number of fused-ring (bicyclic) bond motifs is 2. The van der Waals surface area contributed by atoms with Crippen LogP contribution in [-0.2, 0) is 13.1 Å². The first-order valence-electron chi connectivity index (χ1n) is 9.58. The molecule has 3 aromatic rings. The lowest BCUT2D eigenvalue weighted by Crippen LogP contribution is -2.32. The Morgan fingerprint density at radius 3 is 2.62 bits per heavy atom. The maximum Gasteiger partial charge on any atom is 0.274 e. The summed E-state index contributed by atoms with van der Waals surface area (Å²) in [6, 6.07) is 12.7. The molecule has 150 valence electrons. The number of hydrogen-bond donors (Lipinski definition) is 0. The predicted octanol–water partition coefficient (Wildman–Crippen LogP) is 3.05. The largest absolute Gasteiger partial charge is 0.454 e. The van der Waals surface area contributed by atoms with Crippen molar-refractivity contribution in [3.63, 3.8) is 0 Å². The van der Waals surface area contributed by atoms with Gasteiger partial charge in [0.2, 0.25) is 6.79 Å². The zero-order valence-corrected chi connectivity index (χ0v) is 16.7. The maximum atomic E-state index is 13.2. The van der Waals surface area contributed by atoms with E-state index in [0.717, 1.165) is 5.56 Å². The zero-order chi connectivity index (χ0) is 20.5. The molecular formula is C22H23N3O4. The first kappa shape index (κ1) is 19.0. The number of benzene rings is 2. The van der Waals surface area contributed by atoms with Crippen LogP contribution in [-0.4, -0.2) is 34.4 Å². The summed E-state index contributed by atoms with van der Waals surface area (Å²) in [7, 11) is 1.72. The van der Waals surface area contributed by atoms with Crippen LogP contribution in [0.4, 0.5) is 0 Å². The van der Waals surface area contributed by atoms with Gasteiger partial charge < -0.3 is 14.4 Å². The van der Waals surface area contributed by atoms with Gasteiger partial charge in [-0.2, -0.15) is 5.10 Å². The third-order valence-corrected chi connectivity index (χ3v) is 4.81. The number of rotatable bonds is 5.